The topological polar surface area (TPSA) is 146 Å². The Morgan fingerprint density at radius 3 is 1.27 bits per heavy atom. The van der Waals surface area contributed by atoms with Crippen molar-refractivity contribution in [2.45, 2.75) is 9.79 Å². The second-order valence-corrected chi connectivity index (χ2v) is 9.59. The van der Waals surface area contributed by atoms with Gasteiger partial charge in [-0.3, -0.25) is 0 Å². The van der Waals surface area contributed by atoms with Gasteiger partial charge in [-0.1, -0.05) is 0 Å². The SMILES string of the molecule is COc1cc(N=C=O)ccc1S(C)(=O)=O.COc1cc(N=C=O)ccc1S(C)(=O)=O. The Balaban J connectivity index is 0.000000300. The minimum absolute atomic E-state index is 0.0647. The molecule has 0 unspecified atom stereocenters. The third kappa shape index (κ3) is 6.94. The quantitative estimate of drug-likeness (QED) is 0.476. The van der Waals surface area contributed by atoms with E-state index in [9.17, 15) is 26.4 Å². The first kappa shape index (κ1) is 24.7. The molecule has 0 saturated carbocycles. The summed E-state index contributed by atoms with van der Waals surface area (Å²) in [5.41, 5.74) is 0.600. The van der Waals surface area contributed by atoms with Crippen molar-refractivity contribution >= 4 is 43.2 Å². The molecule has 12 heteroatoms. The lowest BCUT2D eigenvalue weighted by Gasteiger charge is -2.06. The number of ether oxygens (including phenoxy) is 2. The van der Waals surface area contributed by atoms with Crippen LogP contribution in [-0.4, -0.2) is 55.7 Å². The van der Waals surface area contributed by atoms with Crippen molar-refractivity contribution < 1.29 is 35.9 Å². The molecule has 160 valence electrons. The summed E-state index contributed by atoms with van der Waals surface area (Å²) < 4.78 is 55.0. The largest absolute Gasteiger partial charge is 0.495 e. The number of sulfone groups is 2. The van der Waals surface area contributed by atoms with Crippen LogP contribution in [0.25, 0.3) is 0 Å². The number of carbonyl (C=O) groups excluding carboxylic acids is 2. The molecule has 0 spiro atoms. The molecule has 0 saturated heterocycles. The Kier molecular flexibility index (Phi) is 8.63. The summed E-state index contributed by atoms with van der Waals surface area (Å²) in [6.07, 6.45) is 4.88. The van der Waals surface area contributed by atoms with Gasteiger partial charge in [-0.2, -0.15) is 9.98 Å². The van der Waals surface area contributed by atoms with Crippen LogP contribution in [0, 0.1) is 0 Å². The fourth-order valence-electron chi connectivity index (χ4n) is 2.17. The van der Waals surface area contributed by atoms with Crippen LogP contribution < -0.4 is 9.47 Å². The summed E-state index contributed by atoms with van der Waals surface area (Å²) in [4.78, 5) is 26.9. The van der Waals surface area contributed by atoms with E-state index in [-0.39, 0.29) is 21.3 Å². The summed E-state index contributed by atoms with van der Waals surface area (Å²) in [7, 11) is -3.99. The molecule has 0 heterocycles. The number of rotatable bonds is 6. The molecule has 0 amide bonds. The third-order valence-electron chi connectivity index (χ3n) is 3.44. The van der Waals surface area contributed by atoms with E-state index in [4.69, 9.17) is 9.47 Å². The minimum Gasteiger partial charge on any atom is -0.495 e. The molecule has 0 bridgehead atoms. The number of methoxy groups -OCH3 is 2. The lowest BCUT2D eigenvalue weighted by molar-refractivity contribution is 0.403. The van der Waals surface area contributed by atoms with Crippen molar-refractivity contribution in [3.63, 3.8) is 0 Å². The van der Waals surface area contributed by atoms with Gasteiger partial charge in [0.15, 0.2) is 19.7 Å². The predicted octanol–water partition coefficient (Wildman–Crippen LogP) is 2.13. The van der Waals surface area contributed by atoms with E-state index in [2.05, 4.69) is 9.98 Å². The van der Waals surface area contributed by atoms with Crippen molar-refractivity contribution in [3.05, 3.63) is 36.4 Å². The zero-order valence-electron chi connectivity index (χ0n) is 16.4. The van der Waals surface area contributed by atoms with E-state index in [0.29, 0.717) is 11.4 Å². The summed E-state index contributed by atoms with van der Waals surface area (Å²) in [6.45, 7) is 0. The van der Waals surface area contributed by atoms with Crippen LogP contribution in [0.3, 0.4) is 0 Å². The second-order valence-electron chi connectivity index (χ2n) is 5.62. The maximum absolute atomic E-state index is 11.3. The molecule has 0 atom stereocenters. The number of hydrogen-bond donors (Lipinski definition) is 0. The first-order valence-corrected chi connectivity index (χ1v) is 11.7. The average Bonchev–Trinajstić information content (AvgIpc) is 2.67. The number of nitrogens with zero attached hydrogens (tertiary/aromatic N) is 2. The number of isocyanates is 2. The van der Waals surface area contributed by atoms with Crippen molar-refractivity contribution in [2.75, 3.05) is 26.7 Å². The van der Waals surface area contributed by atoms with Gasteiger partial charge >= 0.3 is 0 Å². The highest BCUT2D eigenvalue weighted by molar-refractivity contribution is 7.91. The molecule has 30 heavy (non-hydrogen) atoms. The molecular weight excluding hydrogens is 436 g/mol. The molecule has 2 aromatic rings. The zero-order chi connectivity index (χ0) is 22.9. The molecule has 0 radical (unpaired) electrons. The van der Waals surface area contributed by atoms with Crippen LogP contribution in [0.2, 0.25) is 0 Å². The van der Waals surface area contributed by atoms with Gasteiger partial charge in [0.1, 0.15) is 21.3 Å². The van der Waals surface area contributed by atoms with Gasteiger partial charge in [-0.25, -0.2) is 26.4 Å². The lowest BCUT2D eigenvalue weighted by atomic mass is 10.3. The molecule has 2 rings (SSSR count). The Bertz CT molecular complexity index is 1130. The van der Waals surface area contributed by atoms with Crippen molar-refractivity contribution in [3.8, 4) is 11.5 Å². The molecule has 0 fully saturated rings. The molecule has 0 aliphatic carbocycles. The first-order valence-electron chi connectivity index (χ1n) is 7.89. The lowest BCUT2D eigenvalue weighted by Crippen LogP contribution is -2.00. The zero-order valence-corrected chi connectivity index (χ0v) is 18.1. The van der Waals surface area contributed by atoms with Crippen LogP contribution in [0.1, 0.15) is 0 Å². The molecule has 0 aliphatic rings. The molecule has 0 aliphatic heterocycles. The highest BCUT2D eigenvalue weighted by atomic mass is 32.2. The monoisotopic (exact) mass is 454 g/mol. The Hall–Kier alpha value is -3.30. The van der Waals surface area contributed by atoms with Gasteiger partial charge < -0.3 is 9.47 Å². The molecule has 0 N–H and O–H groups in total. The highest BCUT2D eigenvalue weighted by Crippen LogP contribution is 2.29. The van der Waals surface area contributed by atoms with Gasteiger partial charge in [0.25, 0.3) is 0 Å². The van der Waals surface area contributed by atoms with E-state index in [1.807, 2.05) is 0 Å². The Labute approximate surface area is 173 Å². The summed E-state index contributed by atoms with van der Waals surface area (Å²) in [5.74, 6) is 0.322. The van der Waals surface area contributed by atoms with Crippen LogP contribution in [0.5, 0.6) is 11.5 Å². The summed E-state index contributed by atoms with van der Waals surface area (Å²) >= 11 is 0. The van der Waals surface area contributed by atoms with Crippen LogP contribution >= 0.6 is 0 Å². The van der Waals surface area contributed by atoms with Crippen molar-refractivity contribution in [1.82, 2.24) is 0 Å². The fourth-order valence-corrected chi connectivity index (χ4v) is 3.82. The van der Waals surface area contributed by atoms with E-state index in [1.165, 1.54) is 62.8 Å². The van der Waals surface area contributed by atoms with Gasteiger partial charge in [0.2, 0.25) is 12.2 Å². The third-order valence-corrected chi connectivity index (χ3v) is 5.72. The first-order chi connectivity index (χ1) is 14.0. The number of hydrogen-bond acceptors (Lipinski definition) is 10. The fraction of sp³-hybridized carbons (Fsp3) is 0.222. The van der Waals surface area contributed by atoms with Gasteiger partial charge in [-0.15, -0.1) is 0 Å². The summed E-state index contributed by atoms with van der Waals surface area (Å²) in [6, 6.07) is 8.21. The summed E-state index contributed by atoms with van der Waals surface area (Å²) in [5, 5.41) is 0. The van der Waals surface area contributed by atoms with Gasteiger partial charge in [-0.05, 0) is 24.3 Å². The van der Waals surface area contributed by atoms with Crippen LogP contribution in [-0.2, 0) is 29.3 Å². The predicted molar refractivity (Wildman–Crippen MR) is 108 cm³/mol. The van der Waals surface area contributed by atoms with E-state index in [1.54, 1.807) is 0 Å². The minimum atomic E-state index is -3.34. The maximum Gasteiger partial charge on any atom is 0.240 e. The van der Waals surface area contributed by atoms with E-state index < -0.39 is 19.7 Å². The molecule has 2 aromatic carbocycles. The van der Waals surface area contributed by atoms with Crippen molar-refractivity contribution in [1.29, 1.82) is 0 Å². The number of aliphatic imine (C=N–C) groups is 2. The standard InChI is InChI=1S/2C9H9NO4S/c2*1-14-8-5-7(10-6-11)3-4-9(8)15(2,12)13/h2*3-5H,1-2H3. The smallest absolute Gasteiger partial charge is 0.240 e. The Morgan fingerprint density at radius 1 is 0.700 bits per heavy atom. The molecule has 10 nitrogen and oxygen atoms in total. The molecular formula is C18H18N2O8S2. The van der Waals surface area contributed by atoms with Gasteiger partial charge in [0.05, 0.1) is 25.6 Å². The second kappa shape index (κ2) is 10.5. The van der Waals surface area contributed by atoms with Crippen LogP contribution in [0.15, 0.2) is 56.2 Å². The number of benzene rings is 2. The van der Waals surface area contributed by atoms with Gasteiger partial charge in [0, 0.05) is 24.6 Å². The van der Waals surface area contributed by atoms with E-state index in [0.717, 1.165) is 12.5 Å². The normalized spacial score (nSPS) is 10.5. The van der Waals surface area contributed by atoms with Crippen LogP contribution in [0.4, 0.5) is 11.4 Å². The van der Waals surface area contributed by atoms with Crippen molar-refractivity contribution in [2.24, 2.45) is 9.98 Å². The van der Waals surface area contributed by atoms with E-state index >= 15 is 0 Å². The maximum atomic E-state index is 11.3. The Morgan fingerprint density at radius 2 is 1.03 bits per heavy atom. The molecule has 0 aromatic heterocycles. The highest BCUT2D eigenvalue weighted by Gasteiger charge is 2.15. The average molecular weight is 454 g/mol.